The first-order valence-electron chi connectivity index (χ1n) is 6.36. The van der Waals surface area contributed by atoms with Crippen molar-refractivity contribution in [1.82, 2.24) is 5.32 Å². The highest BCUT2D eigenvalue weighted by atomic mass is 32.2. The Morgan fingerprint density at radius 1 is 1.30 bits per heavy atom. The van der Waals surface area contributed by atoms with Crippen LogP contribution in [0.15, 0.2) is 24.3 Å². The molecule has 0 bridgehead atoms. The number of rotatable bonds is 7. The third-order valence-corrected chi connectivity index (χ3v) is 3.18. The van der Waals surface area contributed by atoms with Crippen LogP contribution in [0.1, 0.15) is 30.1 Å². The fourth-order valence-corrected chi connectivity index (χ4v) is 2.22. The molecule has 3 N–H and O–H groups in total. The maximum absolute atomic E-state index is 11.8. The van der Waals surface area contributed by atoms with Crippen LogP contribution in [0.3, 0.4) is 0 Å². The molecule has 0 fully saturated rings. The first-order valence-corrected chi connectivity index (χ1v) is 8.25. The Hall–Kier alpha value is -1.60. The van der Waals surface area contributed by atoms with Crippen LogP contribution in [0.5, 0.6) is 0 Å². The van der Waals surface area contributed by atoms with E-state index in [-0.39, 0.29) is 12.5 Å². The molecule has 0 aliphatic heterocycles. The van der Waals surface area contributed by atoms with E-state index in [0.717, 1.165) is 12.7 Å². The minimum Gasteiger partial charge on any atom is -0.391 e. The average Bonchev–Trinajstić information content (AvgIpc) is 2.35. The summed E-state index contributed by atoms with van der Waals surface area (Å²) in [6.45, 7) is 2.16. The molecule has 0 saturated heterocycles. The van der Waals surface area contributed by atoms with Gasteiger partial charge in [0, 0.05) is 17.8 Å². The molecular formula is C13H20N2O4S. The molecule has 20 heavy (non-hydrogen) atoms. The Morgan fingerprint density at radius 2 is 1.90 bits per heavy atom. The van der Waals surface area contributed by atoms with Crippen LogP contribution in [0.2, 0.25) is 0 Å². The lowest BCUT2D eigenvalue weighted by Crippen LogP contribution is -2.31. The molecule has 0 radical (unpaired) electrons. The van der Waals surface area contributed by atoms with Gasteiger partial charge in [0.05, 0.1) is 12.4 Å². The van der Waals surface area contributed by atoms with E-state index < -0.39 is 16.1 Å². The van der Waals surface area contributed by atoms with Crippen LogP contribution in [-0.4, -0.2) is 38.3 Å². The largest absolute Gasteiger partial charge is 0.391 e. The zero-order chi connectivity index (χ0) is 15.2. The standard InChI is InChI=1S/C13H20N2O4S/c1-3-4-12(16)9-14-13(17)10-5-7-11(8-6-10)15-20(2,18)19/h5-8,12,15-16H,3-4,9H2,1-2H3,(H,14,17). The summed E-state index contributed by atoms with van der Waals surface area (Å²) < 4.78 is 24.4. The molecule has 0 aromatic heterocycles. The minimum absolute atomic E-state index is 0.204. The number of sulfonamides is 1. The van der Waals surface area contributed by atoms with Gasteiger partial charge in [0.25, 0.3) is 5.91 Å². The van der Waals surface area contributed by atoms with Crippen molar-refractivity contribution in [2.24, 2.45) is 0 Å². The van der Waals surface area contributed by atoms with Crippen LogP contribution in [0.4, 0.5) is 5.69 Å². The molecule has 1 amide bonds. The van der Waals surface area contributed by atoms with E-state index in [1.807, 2.05) is 6.92 Å². The van der Waals surface area contributed by atoms with Gasteiger partial charge in [-0.3, -0.25) is 9.52 Å². The molecule has 0 aliphatic carbocycles. The third kappa shape index (κ3) is 6.03. The van der Waals surface area contributed by atoms with Crippen molar-refractivity contribution >= 4 is 21.6 Å². The first-order chi connectivity index (χ1) is 9.31. The normalized spacial score (nSPS) is 12.8. The number of aliphatic hydroxyl groups excluding tert-OH is 1. The molecule has 112 valence electrons. The number of amides is 1. The van der Waals surface area contributed by atoms with Gasteiger partial charge >= 0.3 is 0 Å². The Kier molecular flexibility index (Phi) is 5.97. The molecule has 6 nitrogen and oxygen atoms in total. The third-order valence-electron chi connectivity index (χ3n) is 2.57. The van der Waals surface area contributed by atoms with E-state index in [1.54, 1.807) is 0 Å². The number of benzene rings is 1. The van der Waals surface area contributed by atoms with Crippen LogP contribution in [0.25, 0.3) is 0 Å². The van der Waals surface area contributed by atoms with Gasteiger partial charge in [0.2, 0.25) is 10.0 Å². The number of hydrogen-bond acceptors (Lipinski definition) is 4. The predicted molar refractivity (Wildman–Crippen MR) is 78.2 cm³/mol. The van der Waals surface area contributed by atoms with Crippen molar-refractivity contribution in [2.45, 2.75) is 25.9 Å². The highest BCUT2D eigenvalue weighted by Crippen LogP contribution is 2.10. The molecule has 1 aromatic carbocycles. The Morgan fingerprint density at radius 3 is 2.40 bits per heavy atom. The van der Waals surface area contributed by atoms with Crippen molar-refractivity contribution in [1.29, 1.82) is 0 Å². The molecule has 1 unspecified atom stereocenters. The van der Waals surface area contributed by atoms with Gasteiger partial charge in [-0.05, 0) is 30.7 Å². The van der Waals surface area contributed by atoms with Crippen LogP contribution in [-0.2, 0) is 10.0 Å². The Bertz CT molecular complexity index is 540. The van der Waals surface area contributed by atoms with E-state index in [1.165, 1.54) is 24.3 Å². The van der Waals surface area contributed by atoms with Crippen LogP contribution in [0, 0.1) is 0 Å². The summed E-state index contributed by atoms with van der Waals surface area (Å²) in [5, 5.41) is 12.1. The van der Waals surface area contributed by atoms with Crippen LogP contribution >= 0.6 is 0 Å². The summed E-state index contributed by atoms with van der Waals surface area (Å²) in [5.41, 5.74) is 0.808. The zero-order valence-electron chi connectivity index (χ0n) is 11.6. The summed E-state index contributed by atoms with van der Waals surface area (Å²) in [4.78, 5) is 11.8. The molecular weight excluding hydrogens is 280 g/mol. The second kappa shape index (κ2) is 7.25. The first kappa shape index (κ1) is 16.5. The summed E-state index contributed by atoms with van der Waals surface area (Å²) in [6, 6.07) is 6.07. The monoisotopic (exact) mass is 300 g/mol. The summed E-state index contributed by atoms with van der Waals surface area (Å²) in [6.07, 6.45) is 2.00. The molecule has 7 heteroatoms. The number of aliphatic hydroxyl groups is 1. The van der Waals surface area contributed by atoms with Gasteiger partial charge in [-0.2, -0.15) is 0 Å². The summed E-state index contributed by atoms with van der Waals surface area (Å²) in [5.74, 6) is -0.300. The smallest absolute Gasteiger partial charge is 0.251 e. The topological polar surface area (TPSA) is 95.5 Å². The summed E-state index contributed by atoms with van der Waals surface area (Å²) in [7, 11) is -3.32. The van der Waals surface area contributed by atoms with E-state index in [2.05, 4.69) is 10.0 Å². The highest BCUT2D eigenvalue weighted by Gasteiger charge is 2.09. The molecule has 0 heterocycles. The number of anilines is 1. The number of nitrogens with one attached hydrogen (secondary N) is 2. The lowest BCUT2D eigenvalue weighted by molar-refractivity contribution is 0.0910. The maximum Gasteiger partial charge on any atom is 0.251 e. The molecule has 0 saturated carbocycles. The Labute approximate surface area is 119 Å². The molecule has 0 aliphatic rings. The maximum atomic E-state index is 11.8. The second-order valence-electron chi connectivity index (χ2n) is 4.60. The number of hydrogen-bond donors (Lipinski definition) is 3. The van der Waals surface area contributed by atoms with Crippen molar-refractivity contribution < 1.29 is 18.3 Å². The van der Waals surface area contributed by atoms with E-state index in [0.29, 0.717) is 17.7 Å². The highest BCUT2D eigenvalue weighted by molar-refractivity contribution is 7.92. The van der Waals surface area contributed by atoms with Gasteiger partial charge in [-0.15, -0.1) is 0 Å². The lowest BCUT2D eigenvalue weighted by Gasteiger charge is -2.11. The van der Waals surface area contributed by atoms with Gasteiger partial charge in [0.1, 0.15) is 0 Å². The number of carbonyl (C=O) groups excluding carboxylic acids is 1. The zero-order valence-corrected chi connectivity index (χ0v) is 12.4. The van der Waals surface area contributed by atoms with Crippen molar-refractivity contribution in [3.63, 3.8) is 0 Å². The SMILES string of the molecule is CCCC(O)CNC(=O)c1ccc(NS(C)(=O)=O)cc1. The average molecular weight is 300 g/mol. The van der Waals surface area contributed by atoms with Gasteiger partial charge in [-0.25, -0.2) is 8.42 Å². The van der Waals surface area contributed by atoms with Gasteiger partial charge in [0.15, 0.2) is 0 Å². The minimum atomic E-state index is -3.32. The predicted octanol–water partition coefficient (Wildman–Crippen LogP) is 0.949. The van der Waals surface area contributed by atoms with Crippen molar-refractivity contribution in [3.05, 3.63) is 29.8 Å². The quantitative estimate of drug-likeness (QED) is 0.698. The fraction of sp³-hybridized carbons (Fsp3) is 0.462. The van der Waals surface area contributed by atoms with Crippen molar-refractivity contribution in [2.75, 3.05) is 17.5 Å². The van der Waals surface area contributed by atoms with Crippen LogP contribution < -0.4 is 10.0 Å². The number of carbonyl (C=O) groups is 1. The van der Waals surface area contributed by atoms with Gasteiger partial charge < -0.3 is 10.4 Å². The molecule has 0 spiro atoms. The fourth-order valence-electron chi connectivity index (χ4n) is 1.65. The summed E-state index contributed by atoms with van der Waals surface area (Å²) >= 11 is 0. The van der Waals surface area contributed by atoms with E-state index in [4.69, 9.17) is 0 Å². The molecule has 1 atom stereocenters. The molecule has 1 aromatic rings. The molecule has 1 rings (SSSR count). The van der Waals surface area contributed by atoms with Crippen molar-refractivity contribution in [3.8, 4) is 0 Å². The lowest BCUT2D eigenvalue weighted by atomic mass is 10.2. The van der Waals surface area contributed by atoms with E-state index >= 15 is 0 Å². The second-order valence-corrected chi connectivity index (χ2v) is 6.35. The van der Waals surface area contributed by atoms with E-state index in [9.17, 15) is 18.3 Å². The van der Waals surface area contributed by atoms with Gasteiger partial charge in [-0.1, -0.05) is 13.3 Å². The Balaban J connectivity index is 2.57.